The monoisotopic (exact) mass is 468 g/mol. The highest BCUT2D eigenvalue weighted by Gasteiger charge is 2.30. The van der Waals surface area contributed by atoms with Crippen LogP contribution in [0.5, 0.6) is 0 Å². The van der Waals surface area contributed by atoms with E-state index < -0.39 is 17.6 Å². The fourth-order valence-electron chi connectivity index (χ4n) is 3.45. The molecule has 1 aliphatic heterocycles. The average molecular weight is 469 g/mol. The number of carbonyl (C=O) groups is 1. The third kappa shape index (κ3) is 5.28. The van der Waals surface area contributed by atoms with Gasteiger partial charge >= 0.3 is 6.18 Å². The smallest absolute Gasteiger partial charge is 0.351 e. The molecule has 1 amide bonds. The second kappa shape index (κ2) is 9.02. The third-order valence-electron chi connectivity index (χ3n) is 5.15. The molecular weight excluding hydrogens is 449 g/mol. The lowest BCUT2D eigenvalue weighted by Crippen LogP contribution is -2.48. The Morgan fingerprint density at radius 3 is 2.65 bits per heavy atom. The lowest BCUT2D eigenvalue weighted by atomic mass is 10.1. The Morgan fingerprint density at radius 1 is 1.13 bits per heavy atom. The summed E-state index contributed by atoms with van der Waals surface area (Å²) in [5, 5.41) is 4.37. The Morgan fingerprint density at radius 2 is 1.90 bits per heavy atom. The van der Waals surface area contributed by atoms with Gasteiger partial charge in [-0.1, -0.05) is 29.0 Å². The van der Waals surface area contributed by atoms with Gasteiger partial charge in [0.05, 0.1) is 15.8 Å². The van der Waals surface area contributed by atoms with Gasteiger partial charge in [-0.2, -0.15) is 13.2 Å². The first-order valence-electron chi connectivity index (χ1n) is 9.78. The van der Waals surface area contributed by atoms with Crippen molar-refractivity contribution in [3.05, 3.63) is 58.6 Å². The summed E-state index contributed by atoms with van der Waals surface area (Å²) in [5.41, 5.74) is 0.119. The van der Waals surface area contributed by atoms with Crippen LogP contribution in [-0.2, 0) is 6.18 Å². The molecule has 10 heteroatoms. The van der Waals surface area contributed by atoms with Crippen molar-refractivity contribution >= 4 is 44.2 Å². The topological polar surface area (TPSA) is 48.5 Å². The predicted molar refractivity (Wildman–Crippen MR) is 117 cm³/mol. The van der Waals surface area contributed by atoms with Crippen molar-refractivity contribution in [2.75, 3.05) is 44.2 Å². The molecule has 1 N–H and O–H groups in total. The van der Waals surface area contributed by atoms with Gasteiger partial charge in [0.2, 0.25) is 0 Å². The Bertz CT molecular complexity index is 1080. The number of benzene rings is 2. The summed E-state index contributed by atoms with van der Waals surface area (Å²) in [6, 6.07) is 10.1. The molecule has 0 saturated carbocycles. The van der Waals surface area contributed by atoms with Crippen molar-refractivity contribution in [2.45, 2.75) is 6.18 Å². The molecular formula is C21H20ClF3N4OS. The molecule has 1 fully saturated rings. The Kier molecular flexibility index (Phi) is 6.36. The van der Waals surface area contributed by atoms with Crippen LogP contribution in [0.2, 0.25) is 5.02 Å². The molecule has 1 aromatic heterocycles. The second-order valence-corrected chi connectivity index (χ2v) is 8.72. The zero-order chi connectivity index (χ0) is 22.0. The van der Waals surface area contributed by atoms with Crippen LogP contribution in [0.3, 0.4) is 0 Å². The molecule has 0 unspecified atom stereocenters. The summed E-state index contributed by atoms with van der Waals surface area (Å²) in [7, 11) is 0. The number of hydrogen-bond acceptors (Lipinski definition) is 5. The van der Waals surface area contributed by atoms with Gasteiger partial charge in [0.25, 0.3) is 5.91 Å². The van der Waals surface area contributed by atoms with E-state index in [0.29, 0.717) is 18.1 Å². The number of thiazole rings is 1. The van der Waals surface area contributed by atoms with E-state index in [1.807, 2.05) is 18.2 Å². The number of aromatic nitrogens is 1. The van der Waals surface area contributed by atoms with Crippen molar-refractivity contribution in [3.63, 3.8) is 0 Å². The summed E-state index contributed by atoms with van der Waals surface area (Å²) in [6.45, 7) is 4.26. The maximum atomic E-state index is 12.8. The van der Waals surface area contributed by atoms with Crippen LogP contribution in [-0.4, -0.2) is 55.1 Å². The number of amides is 1. The van der Waals surface area contributed by atoms with Crippen LogP contribution >= 0.6 is 22.9 Å². The van der Waals surface area contributed by atoms with Crippen LogP contribution in [0.25, 0.3) is 10.2 Å². The van der Waals surface area contributed by atoms with Crippen LogP contribution in [0.15, 0.2) is 42.5 Å². The molecule has 2 heterocycles. The molecule has 5 nitrogen and oxygen atoms in total. The first kappa shape index (κ1) is 21.9. The molecule has 0 spiro atoms. The first-order valence-corrected chi connectivity index (χ1v) is 11.0. The van der Waals surface area contributed by atoms with Crippen molar-refractivity contribution in [1.82, 2.24) is 15.2 Å². The number of hydrogen-bond donors (Lipinski definition) is 1. The molecule has 0 atom stereocenters. The fourth-order valence-corrected chi connectivity index (χ4v) is 4.74. The summed E-state index contributed by atoms with van der Waals surface area (Å²) >= 11 is 7.67. The highest BCUT2D eigenvalue weighted by Crippen LogP contribution is 2.31. The Balaban J connectivity index is 1.25. The predicted octanol–water partition coefficient (Wildman–Crippen LogP) is 4.52. The quantitative estimate of drug-likeness (QED) is 0.598. The number of fused-ring (bicyclic) bond motifs is 1. The number of anilines is 1. The standard InChI is InChI=1S/C21H20ClF3N4OS/c22-16-4-5-17-18(13-16)31-20(27-17)29-10-8-28(9-11-29)7-6-26-19(30)14-2-1-3-15(12-14)21(23,24)25/h1-5,12-13H,6-11H2,(H,26,30). The lowest BCUT2D eigenvalue weighted by Gasteiger charge is -2.34. The Hall–Kier alpha value is -2.36. The summed E-state index contributed by atoms with van der Waals surface area (Å²) in [5.74, 6) is -0.502. The second-order valence-electron chi connectivity index (χ2n) is 7.27. The van der Waals surface area contributed by atoms with Crippen molar-refractivity contribution in [1.29, 1.82) is 0 Å². The van der Waals surface area contributed by atoms with E-state index in [9.17, 15) is 18.0 Å². The summed E-state index contributed by atoms with van der Waals surface area (Å²) in [6.07, 6.45) is -4.47. The van der Waals surface area contributed by atoms with Crippen LogP contribution in [0, 0.1) is 0 Å². The number of piperazine rings is 1. The van der Waals surface area contributed by atoms with E-state index in [0.717, 1.165) is 53.7 Å². The summed E-state index contributed by atoms with van der Waals surface area (Å²) in [4.78, 5) is 21.3. The van der Waals surface area contributed by atoms with Crippen LogP contribution < -0.4 is 10.2 Å². The van der Waals surface area contributed by atoms with E-state index in [1.54, 1.807) is 11.3 Å². The fraction of sp³-hybridized carbons (Fsp3) is 0.333. The number of carbonyl (C=O) groups excluding carboxylic acids is 1. The SMILES string of the molecule is O=C(NCCN1CCN(c2nc3ccc(Cl)cc3s2)CC1)c1cccc(C(F)(F)F)c1. The average Bonchev–Trinajstić information content (AvgIpc) is 3.17. The highest BCUT2D eigenvalue weighted by atomic mass is 35.5. The van der Waals surface area contributed by atoms with E-state index in [-0.39, 0.29) is 5.56 Å². The number of alkyl halides is 3. The normalized spacial score (nSPS) is 15.4. The van der Waals surface area contributed by atoms with Gasteiger partial charge < -0.3 is 10.2 Å². The number of rotatable bonds is 5. The molecule has 1 aliphatic rings. The first-order chi connectivity index (χ1) is 14.8. The largest absolute Gasteiger partial charge is 0.416 e. The molecule has 0 aliphatic carbocycles. The molecule has 164 valence electrons. The van der Waals surface area contributed by atoms with Crippen LogP contribution in [0.4, 0.5) is 18.3 Å². The van der Waals surface area contributed by atoms with Gasteiger partial charge in [-0.3, -0.25) is 9.69 Å². The minimum absolute atomic E-state index is 0.00980. The molecule has 4 rings (SSSR count). The van der Waals surface area contributed by atoms with Gasteiger partial charge in [0.15, 0.2) is 5.13 Å². The maximum absolute atomic E-state index is 12.8. The molecule has 0 radical (unpaired) electrons. The zero-order valence-corrected chi connectivity index (χ0v) is 18.0. The van der Waals surface area contributed by atoms with Crippen LogP contribution in [0.1, 0.15) is 15.9 Å². The minimum atomic E-state index is -4.47. The maximum Gasteiger partial charge on any atom is 0.416 e. The van der Waals surface area contributed by atoms with Crippen molar-refractivity contribution < 1.29 is 18.0 Å². The zero-order valence-electron chi connectivity index (χ0n) is 16.5. The van der Waals surface area contributed by atoms with E-state index >= 15 is 0 Å². The molecule has 3 aromatic rings. The van der Waals surface area contributed by atoms with E-state index in [1.165, 1.54) is 12.1 Å². The van der Waals surface area contributed by atoms with Gasteiger partial charge in [-0.05, 0) is 36.4 Å². The van der Waals surface area contributed by atoms with Gasteiger partial charge in [0, 0.05) is 49.9 Å². The molecule has 0 bridgehead atoms. The van der Waals surface area contributed by atoms with Crippen molar-refractivity contribution in [3.8, 4) is 0 Å². The van der Waals surface area contributed by atoms with Gasteiger partial charge in [0.1, 0.15) is 0 Å². The van der Waals surface area contributed by atoms with E-state index in [2.05, 4.69) is 20.1 Å². The number of nitrogens with one attached hydrogen (secondary N) is 1. The molecule has 31 heavy (non-hydrogen) atoms. The number of nitrogens with zero attached hydrogens (tertiary/aromatic N) is 3. The van der Waals surface area contributed by atoms with Gasteiger partial charge in [-0.15, -0.1) is 0 Å². The summed E-state index contributed by atoms with van der Waals surface area (Å²) < 4.78 is 39.5. The molecule has 2 aromatic carbocycles. The van der Waals surface area contributed by atoms with Crippen molar-refractivity contribution in [2.24, 2.45) is 0 Å². The number of halogens is 4. The Labute approximate surface area is 186 Å². The highest BCUT2D eigenvalue weighted by molar-refractivity contribution is 7.22. The lowest BCUT2D eigenvalue weighted by molar-refractivity contribution is -0.137. The third-order valence-corrected chi connectivity index (χ3v) is 6.46. The van der Waals surface area contributed by atoms with Gasteiger partial charge in [-0.25, -0.2) is 4.98 Å². The molecule has 1 saturated heterocycles. The minimum Gasteiger partial charge on any atom is -0.351 e. The van der Waals surface area contributed by atoms with E-state index in [4.69, 9.17) is 11.6 Å².